The predicted octanol–water partition coefficient (Wildman–Crippen LogP) is 3.73. The van der Waals surface area contributed by atoms with Gasteiger partial charge in [-0.25, -0.2) is 4.79 Å². The van der Waals surface area contributed by atoms with Gasteiger partial charge in [-0.2, -0.15) is 5.10 Å². The fourth-order valence-electron chi connectivity index (χ4n) is 2.69. The average molecular weight is 326 g/mol. The molecule has 0 unspecified atom stereocenters. The summed E-state index contributed by atoms with van der Waals surface area (Å²) in [7, 11) is 0. The lowest BCUT2D eigenvalue weighted by molar-refractivity contribution is 0.0690. The first-order valence-corrected chi connectivity index (χ1v) is 7.76. The molecular weight excluding hydrogens is 308 g/mol. The number of ether oxygens (including phenoxy) is 2. The van der Waals surface area contributed by atoms with Crippen molar-refractivity contribution >= 4 is 16.7 Å². The molecule has 0 atom stereocenters. The molecule has 0 saturated carbocycles. The number of fused-ring (bicyclic) bond motifs is 1. The second-order valence-electron chi connectivity index (χ2n) is 5.13. The summed E-state index contributed by atoms with van der Waals surface area (Å²) in [6.07, 6.45) is 0. The van der Waals surface area contributed by atoms with E-state index in [0.717, 1.165) is 22.1 Å². The van der Waals surface area contributed by atoms with Gasteiger partial charge < -0.3 is 14.6 Å². The molecule has 6 nitrogen and oxygen atoms in total. The predicted molar refractivity (Wildman–Crippen MR) is 90.8 cm³/mol. The highest BCUT2D eigenvalue weighted by Crippen LogP contribution is 2.41. The number of hydrogen-bond acceptors (Lipinski definition) is 4. The maximum atomic E-state index is 11.1. The molecule has 3 rings (SSSR count). The summed E-state index contributed by atoms with van der Waals surface area (Å²) in [5.74, 6) is 0.291. The molecule has 1 aromatic heterocycles. The van der Waals surface area contributed by atoms with E-state index >= 15 is 0 Å². The van der Waals surface area contributed by atoms with Crippen molar-refractivity contribution in [2.24, 2.45) is 0 Å². The summed E-state index contributed by atoms with van der Waals surface area (Å²) in [6.45, 7) is 4.84. The number of carboxylic acid groups (broad SMARTS) is 1. The number of aromatic nitrogens is 2. The molecule has 1 heterocycles. The maximum Gasteiger partial charge on any atom is 0.353 e. The summed E-state index contributed by atoms with van der Waals surface area (Å²) in [6, 6.07) is 11.1. The van der Waals surface area contributed by atoms with Crippen molar-refractivity contribution in [3.8, 4) is 22.8 Å². The Kier molecular flexibility index (Phi) is 4.37. The number of rotatable bonds is 6. The van der Waals surface area contributed by atoms with Crippen LogP contribution in [-0.2, 0) is 0 Å². The van der Waals surface area contributed by atoms with Crippen molar-refractivity contribution in [2.75, 3.05) is 13.2 Å². The van der Waals surface area contributed by atoms with Gasteiger partial charge in [0.15, 0.2) is 0 Å². The Morgan fingerprint density at radius 2 is 1.75 bits per heavy atom. The zero-order valence-corrected chi connectivity index (χ0v) is 13.5. The van der Waals surface area contributed by atoms with Crippen LogP contribution in [0, 0.1) is 0 Å². The Morgan fingerprint density at radius 1 is 1.08 bits per heavy atom. The zero-order valence-electron chi connectivity index (χ0n) is 13.5. The van der Waals surface area contributed by atoms with Crippen LogP contribution in [-0.4, -0.2) is 34.5 Å². The van der Waals surface area contributed by atoms with Crippen LogP contribution in [0.2, 0.25) is 0 Å². The number of hydrogen-bond donors (Lipinski definition) is 2. The Labute approximate surface area is 139 Å². The third-order valence-electron chi connectivity index (χ3n) is 3.63. The lowest BCUT2D eigenvalue weighted by Gasteiger charge is -2.15. The van der Waals surface area contributed by atoms with Crippen LogP contribution in [0.3, 0.4) is 0 Å². The number of benzene rings is 2. The average Bonchev–Trinajstić information content (AvgIpc) is 3.05. The molecule has 124 valence electrons. The quantitative estimate of drug-likeness (QED) is 0.721. The van der Waals surface area contributed by atoms with Crippen molar-refractivity contribution in [3.63, 3.8) is 0 Å². The second-order valence-corrected chi connectivity index (χ2v) is 5.13. The summed E-state index contributed by atoms with van der Waals surface area (Å²) >= 11 is 0. The van der Waals surface area contributed by atoms with Gasteiger partial charge in [0.05, 0.1) is 24.5 Å². The van der Waals surface area contributed by atoms with Crippen molar-refractivity contribution in [1.29, 1.82) is 0 Å². The van der Waals surface area contributed by atoms with Crippen molar-refractivity contribution in [1.82, 2.24) is 10.2 Å². The Hall–Kier alpha value is -3.02. The standard InChI is InChI=1S/C18H18N2O4/c1-3-23-15-10-16(24-4-2)17(12-8-6-5-7-11(12)15)13-9-14(18(21)22)20-19-13/h5-10H,3-4H2,1-2H3,(H,19,20)(H,21,22). The molecule has 0 aliphatic carbocycles. The molecule has 6 heteroatoms. The van der Waals surface area contributed by atoms with Gasteiger partial charge in [0, 0.05) is 11.5 Å². The van der Waals surface area contributed by atoms with E-state index in [-0.39, 0.29) is 5.69 Å². The Morgan fingerprint density at radius 3 is 2.38 bits per heavy atom. The maximum absolute atomic E-state index is 11.1. The number of aromatic carboxylic acids is 1. The second kappa shape index (κ2) is 6.62. The van der Waals surface area contributed by atoms with Gasteiger partial charge in [0.1, 0.15) is 17.2 Å². The van der Waals surface area contributed by atoms with E-state index in [1.807, 2.05) is 44.2 Å². The van der Waals surface area contributed by atoms with Crippen LogP contribution in [0.25, 0.3) is 22.0 Å². The number of H-pyrrole nitrogens is 1. The van der Waals surface area contributed by atoms with E-state index in [0.29, 0.717) is 24.7 Å². The summed E-state index contributed by atoms with van der Waals surface area (Å²) in [4.78, 5) is 11.1. The lowest BCUT2D eigenvalue weighted by atomic mass is 10.00. The lowest BCUT2D eigenvalue weighted by Crippen LogP contribution is -1.99. The molecule has 0 aliphatic heterocycles. The highest BCUT2D eigenvalue weighted by molar-refractivity contribution is 6.03. The van der Waals surface area contributed by atoms with Gasteiger partial charge in [-0.15, -0.1) is 0 Å². The molecule has 0 bridgehead atoms. The third kappa shape index (κ3) is 2.78. The largest absolute Gasteiger partial charge is 0.493 e. The van der Waals surface area contributed by atoms with Gasteiger partial charge in [-0.1, -0.05) is 24.3 Å². The molecule has 0 radical (unpaired) electrons. The molecule has 3 aromatic rings. The highest BCUT2D eigenvalue weighted by atomic mass is 16.5. The van der Waals surface area contributed by atoms with Crippen LogP contribution in [0.1, 0.15) is 24.3 Å². The molecule has 0 aliphatic rings. The number of carbonyl (C=O) groups is 1. The number of nitrogens with one attached hydrogen (secondary N) is 1. The molecule has 0 amide bonds. The van der Waals surface area contributed by atoms with Crippen molar-refractivity contribution in [3.05, 3.63) is 42.1 Å². The molecule has 24 heavy (non-hydrogen) atoms. The molecule has 0 spiro atoms. The first kappa shape index (κ1) is 15.9. The summed E-state index contributed by atoms with van der Waals surface area (Å²) in [5.41, 5.74) is 1.31. The van der Waals surface area contributed by atoms with Gasteiger partial charge in [0.2, 0.25) is 0 Å². The van der Waals surface area contributed by atoms with Gasteiger partial charge >= 0.3 is 5.97 Å². The summed E-state index contributed by atoms with van der Waals surface area (Å²) < 4.78 is 11.5. The van der Waals surface area contributed by atoms with Crippen LogP contribution < -0.4 is 9.47 Å². The monoisotopic (exact) mass is 326 g/mol. The smallest absolute Gasteiger partial charge is 0.353 e. The van der Waals surface area contributed by atoms with Gasteiger partial charge in [-0.05, 0) is 25.3 Å². The third-order valence-corrected chi connectivity index (χ3v) is 3.63. The van der Waals surface area contributed by atoms with E-state index in [4.69, 9.17) is 14.6 Å². The topological polar surface area (TPSA) is 84.4 Å². The van der Waals surface area contributed by atoms with E-state index in [9.17, 15) is 4.79 Å². The first-order valence-electron chi connectivity index (χ1n) is 7.76. The molecular formula is C18H18N2O4. The van der Waals surface area contributed by atoms with E-state index < -0.39 is 5.97 Å². The van der Waals surface area contributed by atoms with Crippen LogP contribution in [0.5, 0.6) is 11.5 Å². The van der Waals surface area contributed by atoms with Crippen LogP contribution in [0.15, 0.2) is 36.4 Å². The molecule has 0 fully saturated rings. The minimum atomic E-state index is -1.05. The fraction of sp³-hybridized carbons (Fsp3) is 0.222. The number of carboxylic acids is 1. The SMILES string of the molecule is CCOc1cc(OCC)c2ccccc2c1-c1cc(C(=O)O)[nH]n1. The Bertz CT molecular complexity index is 886. The number of aromatic amines is 1. The van der Waals surface area contributed by atoms with E-state index in [1.54, 1.807) is 0 Å². The highest BCUT2D eigenvalue weighted by Gasteiger charge is 2.19. The van der Waals surface area contributed by atoms with Crippen LogP contribution >= 0.6 is 0 Å². The minimum absolute atomic E-state index is 0.0328. The number of nitrogens with zero attached hydrogens (tertiary/aromatic N) is 1. The Balaban J connectivity index is 2.29. The zero-order chi connectivity index (χ0) is 17.1. The molecule has 0 saturated heterocycles. The minimum Gasteiger partial charge on any atom is -0.493 e. The van der Waals surface area contributed by atoms with Gasteiger partial charge in [-0.3, -0.25) is 5.10 Å². The molecule has 2 aromatic carbocycles. The van der Waals surface area contributed by atoms with Crippen LogP contribution in [0.4, 0.5) is 0 Å². The van der Waals surface area contributed by atoms with Crippen molar-refractivity contribution < 1.29 is 19.4 Å². The van der Waals surface area contributed by atoms with E-state index in [1.165, 1.54) is 6.07 Å². The summed E-state index contributed by atoms with van der Waals surface area (Å²) in [5, 5.41) is 17.6. The fourth-order valence-corrected chi connectivity index (χ4v) is 2.69. The van der Waals surface area contributed by atoms with E-state index in [2.05, 4.69) is 10.2 Å². The normalized spacial score (nSPS) is 10.8. The van der Waals surface area contributed by atoms with Crippen molar-refractivity contribution in [2.45, 2.75) is 13.8 Å². The molecule has 2 N–H and O–H groups in total. The van der Waals surface area contributed by atoms with Gasteiger partial charge in [0.25, 0.3) is 0 Å². The first-order chi connectivity index (χ1) is 11.7.